The number of carboxylic acid groups (broad SMARTS) is 2. The molecule has 9 heteroatoms. The third-order valence-electron chi connectivity index (χ3n) is 4.00. The summed E-state index contributed by atoms with van der Waals surface area (Å²) >= 11 is 0. The van der Waals surface area contributed by atoms with E-state index in [2.05, 4.69) is 0 Å². The molecule has 2 unspecified atom stereocenters. The van der Waals surface area contributed by atoms with E-state index in [4.69, 9.17) is 11.5 Å². The van der Waals surface area contributed by atoms with Gasteiger partial charge >= 0.3 is 21.1 Å². The average molecular weight is 587 g/mol. The van der Waals surface area contributed by atoms with Gasteiger partial charge in [-0.25, -0.2) is 8.78 Å². The predicted octanol–water partition coefficient (Wildman–Crippen LogP) is 0.591. The van der Waals surface area contributed by atoms with E-state index in [0.29, 0.717) is 0 Å². The van der Waals surface area contributed by atoms with Crippen molar-refractivity contribution in [3.05, 3.63) is 71.3 Å². The molecule has 1 aliphatic rings. The SMILES string of the molecule is NC1CCCCC1N.O=C([O-])c1cccc(F)c1.O=C([O-])c1cccc(F)c1.[Pt+2]. The van der Waals surface area contributed by atoms with Gasteiger partial charge < -0.3 is 31.3 Å². The number of aromatic carboxylic acids is 2. The number of carbonyl (C=O) groups is 2. The molecule has 0 amide bonds. The normalized spacial score (nSPS) is 17.4. The molecule has 0 saturated heterocycles. The van der Waals surface area contributed by atoms with Crippen LogP contribution in [0.15, 0.2) is 48.5 Å². The number of benzene rings is 2. The monoisotopic (exact) mass is 587 g/mol. The Bertz CT molecular complexity index is 727. The van der Waals surface area contributed by atoms with Crippen molar-refractivity contribution in [2.45, 2.75) is 37.8 Å². The molecule has 0 spiro atoms. The predicted molar refractivity (Wildman–Crippen MR) is 95.9 cm³/mol. The molecule has 0 radical (unpaired) electrons. The number of halogens is 2. The van der Waals surface area contributed by atoms with Crippen LogP contribution in [-0.4, -0.2) is 24.0 Å². The summed E-state index contributed by atoms with van der Waals surface area (Å²) in [6.45, 7) is 0. The second-order valence-electron chi connectivity index (χ2n) is 6.21. The summed E-state index contributed by atoms with van der Waals surface area (Å²) in [7, 11) is 0. The summed E-state index contributed by atoms with van der Waals surface area (Å²) in [6, 6.07) is 9.92. The molecule has 0 heterocycles. The Hall–Kier alpha value is -2.15. The number of hydrogen-bond donors (Lipinski definition) is 2. The smallest absolute Gasteiger partial charge is 0.545 e. The first-order valence-electron chi connectivity index (χ1n) is 8.65. The van der Waals surface area contributed by atoms with Crippen molar-refractivity contribution in [2.75, 3.05) is 0 Å². The molecule has 0 aliphatic heterocycles. The second kappa shape index (κ2) is 13.9. The molecule has 2 atom stereocenters. The van der Waals surface area contributed by atoms with Crippen molar-refractivity contribution in [3.8, 4) is 0 Å². The van der Waals surface area contributed by atoms with Gasteiger partial charge in [0.25, 0.3) is 0 Å². The van der Waals surface area contributed by atoms with Gasteiger partial charge in [-0.2, -0.15) is 0 Å². The van der Waals surface area contributed by atoms with Crippen LogP contribution in [0.2, 0.25) is 0 Å². The van der Waals surface area contributed by atoms with E-state index in [1.165, 1.54) is 49.2 Å². The zero-order chi connectivity index (χ0) is 21.1. The zero-order valence-electron chi connectivity index (χ0n) is 15.5. The molecule has 2 aromatic rings. The first kappa shape index (κ1) is 26.8. The van der Waals surface area contributed by atoms with E-state index in [1.807, 2.05) is 0 Å². The first-order valence-corrected chi connectivity index (χ1v) is 8.65. The zero-order valence-corrected chi connectivity index (χ0v) is 17.7. The standard InChI is InChI=1S/2C7H5FO2.C6H14N2.Pt/c2*8-6-3-1-2-5(4-6)7(9)10;7-5-3-1-2-4-6(5)8;/h2*1-4H,(H,9,10);5-6H,1-4,7-8H2;/q;;;+2/p-2. The van der Waals surface area contributed by atoms with Crippen LogP contribution in [0.1, 0.15) is 46.4 Å². The average Bonchev–Trinajstić information content (AvgIpc) is 2.65. The van der Waals surface area contributed by atoms with Gasteiger partial charge in [0.15, 0.2) is 0 Å². The van der Waals surface area contributed by atoms with E-state index in [-0.39, 0.29) is 44.3 Å². The molecule has 1 fully saturated rings. The number of rotatable bonds is 2. The Labute approximate surface area is 182 Å². The second-order valence-corrected chi connectivity index (χ2v) is 6.21. The van der Waals surface area contributed by atoms with Gasteiger partial charge in [0, 0.05) is 23.2 Å². The van der Waals surface area contributed by atoms with Gasteiger partial charge in [-0.15, -0.1) is 0 Å². The largest absolute Gasteiger partial charge is 2.00 e. The van der Waals surface area contributed by atoms with Crippen molar-refractivity contribution < 1.29 is 49.6 Å². The van der Waals surface area contributed by atoms with Crippen LogP contribution in [0.5, 0.6) is 0 Å². The van der Waals surface area contributed by atoms with E-state index in [0.717, 1.165) is 25.0 Å². The molecule has 4 N–H and O–H groups in total. The van der Waals surface area contributed by atoms with Gasteiger partial charge in [0.1, 0.15) is 11.6 Å². The number of carboxylic acids is 2. The third-order valence-corrected chi connectivity index (χ3v) is 4.00. The maximum absolute atomic E-state index is 12.2. The Balaban J connectivity index is 0.000000401. The Morgan fingerprint density at radius 1 is 0.793 bits per heavy atom. The summed E-state index contributed by atoms with van der Waals surface area (Å²) in [5, 5.41) is 20.2. The Kier molecular flexibility index (Phi) is 12.9. The van der Waals surface area contributed by atoms with Gasteiger partial charge in [0.05, 0.1) is 11.9 Å². The molecule has 0 bridgehead atoms. The first-order chi connectivity index (χ1) is 13.2. The molecule has 29 heavy (non-hydrogen) atoms. The quantitative estimate of drug-likeness (QED) is 0.529. The summed E-state index contributed by atoms with van der Waals surface area (Å²) < 4.78 is 24.5. The Morgan fingerprint density at radius 3 is 1.34 bits per heavy atom. The maximum atomic E-state index is 12.2. The minimum absolute atomic E-state index is 0. The van der Waals surface area contributed by atoms with Crippen LogP contribution in [-0.2, 0) is 21.1 Å². The molecular weight excluding hydrogens is 565 g/mol. The van der Waals surface area contributed by atoms with E-state index < -0.39 is 23.6 Å². The van der Waals surface area contributed by atoms with Crippen LogP contribution in [0.25, 0.3) is 0 Å². The molecule has 2 aromatic carbocycles. The van der Waals surface area contributed by atoms with Crippen LogP contribution in [0, 0.1) is 11.6 Å². The van der Waals surface area contributed by atoms with Gasteiger partial charge in [-0.1, -0.05) is 37.1 Å². The summed E-state index contributed by atoms with van der Waals surface area (Å²) in [5.74, 6) is -3.86. The minimum atomic E-state index is -1.36. The fourth-order valence-corrected chi connectivity index (χ4v) is 2.42. The van der Waals surface area contributed by atoms with Crippen molar-refractivity contribution in [3.63, 3.8) is 0 Å². The van der Waals surface area contributed by atoms with Crippen LogP contribution >= 0.6 is 0 Å². The van der Waals surface area contributed by atoms with E-state index in [9.17, 15) is 28.6 Å². The van der Waals surface area contributed by atoms with Crippen molar-refractivity contribution in [1.82, 2.24) is 0 Å². The number of carbonyl (C=O) groups excluding carboxylic acids is 2. The molecule has 6 nitrogen and oxygen atoms in total. The molecule has 3 rings (SSSR count). The summed E-state index contributed by atoms with van der Waals surface area (Å²) in [5.41, 5.74) is 11.0. The molecular formula is C20H22F2N2O4Pt. The van der Waals surface area contributed by atoms with Gasteiger partial charge in [-0.3, -0.25) is 0 Å². The Morgan fingerprint density at radius 2 is 1.14 bits per heavy atom. The third kappa shape index (κ3) is 10.8. The topological polar surface area (TPSA) is 132 Å². The number of nitrogens with two attached hydrogens (primary N) is 2. The van der Waals surface area contributed by atoms with Gasteiger partial charge in [0.2, 0.25) is 0 Å². The summed E-state index contributed by atoms with van der Waals surface area (Å²) in [4.78, 5) is 20.2. The number of hydrogen-bond acceptors (Lipinski definition) is 6. The fraction of sp³-hybridized carbons (Fsp3) is 0.300. The summed E-state index contributed by atoms with van der Waals surface area (Å²) in [6.07, 6.45) is 4.80. The van der Waals surface area contributed by atoms with Crippen LogP contribution in [0.3, 0.4) is 0 Å². The molecule has 0 aromatic heterocycles. The van der Waals surface area contributed by atoms with Crippen molar-refractivity contribution >= 4 is 11.9 Å². The maximum Gasteiger partial charge on any atom is 2.00 e. The minimum Gasteiger partial charge on any atom is -0.545 e. The fourth-order valence-electron chi connectivity index (χ4n) is 2.42. The van der Waals surface area contributed by atoms with Crippen LogP contribution < -0.4 is 21.7 Å². The molecule has 1 aliphatic carbocycles. The van der Waals surface area contributed by atoms with Gasteiger partial charge in [-0.05, 0) is 37.1 Å². The van der Waals surface area contributed by atoms with E-state index in [1.54, 1.807) is 0 Å². The van der Waals surface area contributed by atoms with Crippen LogP contribution in [0.4, 0.5) is 8.78 Å². The molecule has 160 valence electrons. The van der Waals surface area contributed by atoms with Crippen molar-refractivity contribution in [1.29, 1.82) is 0 Å². The van der Waals surface area contributed by atoms with Crippen molar-refractivity contribution in [2.24, 2.45) is 11.5 Å². The van der Waals surface area contributed by atoms with E-state index >= 15 is 0 Å². The molecule has 1 saturated carbocycles.